The van der Waals surface area contributed by atoms with Crippen LogP contribution in [0.3, 0.4) is 0 Å². The number of aliphatic carboxylic acids is 1. The molecule has 1 aliphatic rings. The van der Waals surface area contributed by atoms with Crippen LogP contribution in [0.4, 0.5) is 0 Å². The lowest BCUT2D eigenvalue weighted by Crippen LogP contribution is -2.20. The molecule has 0 bridgehead atoms. The van der Waals surface area contributed by atoms with Crippen LogP contribution in [0.15, 0.2) is 89.5 Å². The van der Waals surface area contributed by atoms with Gasteiger partial charge in [0.05, 0.1) is 11.1 Å². The maximum atomic E-state index is 11.9. The normalized spacial score (nSPS) is 14.4. The minimum absolute atomic E-state index is 0.689. The van der Waals surface area contributed by atoms with Crippen LogP contribution in [0.5, 0.6) is 0 Å². The van der Waals surface area contributed by atoms with Gasteiger partial charge < -0.3 is 9.63 Å². The summed E-state index contributed by atoms with van der Waals surface area (Å²) < 4.78 is 5.68. The van der Waals surface area contributed by atoms with Gasteiger partial charge in [0.1, 0.15) is 0 Å². The molecule has 1 aliphatic carbocycles. The number of aromatic nitrogens is 1. The van der Waals surface area contributed by atoms with Gasteiger partial charge >= 0.3 is 5.97 Å². The summed E-state index contributed by atoms with van der Waals surface area (Å²) in [5, 5.41) is 14.0. The summed E-state index contributed by atoms with van der Waals surface area (Å²) in [6.45, 7) is 1.95. The van der Waals surface area contributed by atoms with E-state index >= 15 is 0 Å². The van der Waals surface area contributed by atoms with Crippen molar-refractivity contribution in [1.29, 1.82) is 0 Å². The first-order valence-corrected chi connectivity index (χ1v) is 11.7. The Morgan fingerprint density at radius 2 is 1.65 bits per heavy atom. The maximum absolute atomic E-state index is 11.9. The van der Waals surface area contributed by atoms with E-state index in [4.69, 9.17) is 4.52 Å². The Balaban J connectivity index is 1.37. The molecule has 34 heavy (non-hydrogen) atoms. The van der Waals surface area contributed by atoms with Gasteiger partial charge in [-0.2, -0.15) is 0 Å². The van der Waals surface area contributed by atoms with Crippen LogP contribution < -0.4 is 0 Å². The Hall–Kier alpha value is -3.92. The molecule has 0 atom stereocenters. The molecule has 4 heteroatoms. The van der Waals surface area contributed by atoms with Crippen molar-refractivity contribution in [2.45, 2.75) is 38.0 Å². The monoisotopic (exact) mass is 449 g/mol. The number of hydrogen-bond acceptors (Lipinski definition) is 3. The van der Waals surface area contributed by atoms with Gasteiger partial charge in [0, 0.05) is 11.1 Å². The SMILES string of the molecule is Cc1noc(-c2ccc(-c3ccccc3C3(C(=O)O)CC3)cc2)c1C=CCCc1ccccc1. The van der Waals surface area contributed by atoms with Crippen molar-refractivity contribution in [3.05, 3.63) is 107 Å². The van der Waals surface area contributed by atoms with Crippen molar-refractivity contribution < 1.29 is 14.4 Å². The molecule has 0 radical (unpaired) electrons. The highest BCUT2D eigenvalue weighted by molar-refractivity contribution is 5.89. The fourth-order valence-electron chi connectivity index (χ4n) is 4.55. The number of aryl methyl sites for hydroxylation is 2. The molecule has 0 aliphatic heterocycles. The van der Waals surface area contributed by atoms with Crippen LogP contribution in [0, 0.1) is 6.92 Å². The summed E-state index contributed by atoms with van der Waals surface area (Å²) in [7, 11) is 0. The van der Waals surface area contributed by atoms with Crippen LogP contribution in [-0.2, 0) is 16.6 Å². The van der Waals surface area contributed by atoms with Crippen LogP contribution in [-0.4, -0.2) is 16.2 Å². The number of hydrogen-bond donors (Lipinski definition) is 1. The Labute approximate surface area is 199 Å². The second-order valence-corrected chi connectivity index (χ2v) is 8.95. The zero-order chi connectivity index (χ0) is 23.5. The van der Waals surface area contributed by atoms with Crippen molar-refractivity contribution in [3.63, 3.8) is 0 Å². The molecule has 1 fully saturated rings. The Morgan fingerprint density at radius 1 is 0.971 bits per heavy atom. The third-order valence-electron chi connectivity index (χ3n) is 6.70. The third-order valence-corrected chi connectivity index (χ3v) is 6.70. The summed E-state index contributed by atoms with van der Waals surface area (Å²) in [5.41, 5.74) is 6.25. The minimum atomic E-state index is -0.741. The van der Waals surface area contributed by atoms with Gasteiger partial charge in [-0.25, -0.2) is 0 Å². The Kier molecular flexibility index (Phi) is 5.89. The Bertz CT molecular complexity index is 1330. The largest absolute Gasteiger partial charge is 0.481 e. The third kappa shape index (κ3) is 4.19. The second kappa shape index (κ2) is 9.14. The lowest BCUT2D eigenvalue weighted by Gasteiger charge is -2.16. The number of nitrogens with zero attached hydrogens (tertiary/aromatic N) is 1. The van der Waals surface area contributed by atoms with E-state index < -0.39 is 11.4 Å². The predicted octanol–water partition coefficient (Wildman–Crippen LogP) is 7.08. The number of carboxylic acid groups (broad SMARTS) is 1. The second-order valence-electron chi connectivity index (χ2n) is 8.95. The van der Waals surface area contributed by atoms with Crippen LogP contribution in [0.25, 0.3) is 28.5 Å². The van der Waals surface area contributed by atoms with Gasteiger partial charge in [-0.3, -0.25) is 4.79 Å². The molecule has 0 amide bonds. The number of allylic oxidation sites excluding steroid dienone is 1. The van der Waals surface area contributed by atoms with E-state index in [1.807, 2.05) is 61.5 Å². The lowest BCUT2D eigenvalue weighted by molar-refractivity contribution is -0.140. The van der Waals surface area contributed by atoms with E-state index in [9.17, 15) is 9.90 Å². The number of carbonyl (C=O) groups is 1. The maximum Gasteiger partial charge on any atom is 0.314 e. The van der Waals surface area contributed by atoms with Crippen molar-refractivity contribution in [2.24, 2.45) is 0 Å². The van der Waals surface area contributed by atoms with Crippen LogP contribution in [0.1, 0.15) is 41.6 Å². The van der Waals surface area contributed by atoms with E-state index in [1.165, 1.54) is 5.56 Å². The molecule has 0 saturated heterocycles. The van der Waals surface area contributed by atoms with Gasteiger partial charge in [0.15, 0.2) is 5.76 Å². The number of carboxylic acids is 1. The van der Waals surface area contributed by atoms with Crippen molar-refractivity contribution >= 4 is 12.0 Å². The summed E-state index contributed by atoms with van der Waals surface area (Å²) in [5.74, 6) is 0.00916. The van der Waals surface area contributed by atoms with E-state index in [-0.39, 0.29) is 0 Å². The van der Waals surface area contributed by atoms with Gasteiger partial charge in [-0.1, -0.05) is 96.2 Å². The van der Waals surface area contributed by atoms with Gasteiger partial charge in [0.2, 0.25) is 0 Å². The standard InChI is InChI=1S/C30H27NO3/c1-21-25(12-6-5-11-22-9-3-2-4-10-22)28(34-31-21)24-17-15-23(16-18-24)26-13-7-8-14-27(26)30(19-20-30)29(32)33/h2-4,6-10,12-18H,5,11,19-20H2,1H3,(H,32,33). The van der Waals surface area contributed by atoms with Crippen molar-refractivity contribution in [3.8, 4) is 22.5 Å². The zero-order valence-corrected chi connectivity index (χ0v) is 19.2. The van der Waals surface area contributed by atoms with Crippen molar-refractivity contribution in [2.75, 3.05) is 0 Å². The molecule has 0 spiro atoms. The summed E-state index contributed by atoms with van der Waals surface area (Å²) >= 11 is 0. The molecule has 1 N–H and O–H groups in total. The molecule has 1 heterocycles. The highest BCUT2D eigenvalue weighted by Crippen LogP contribution is 2.51. The van der Waals surface area contributed by atoms with Gasteiger partial charge in [-0.15, -0.1) is 0 Å². The first-order valence-electron chi connectivity index (χ1n) is 11.7. The fraction of sp³-hybridized carbons (Fsp3) is 0.200. The highest BCUT2D eigenvalue weighted by atomic mass is 16.5. The molecule has 170 valence electrons. The molecule has 4 nitrogen and oxygen atoms in total. The van der Waals surface area contributed by atoms with E-state index in [0.717, 1.165) is 52.1 Å². The minimum Gasteiger partial charge on any atom is -0.481 e. The first kappa shape index (κ1) is 21.9. The number of rotatable bonds is 8. The summed E-state index contributed by atoms with van der Waals surface area (Å²) in [4.78, 5) is 11.9. The van der Waals surface area contributed by atoms with E-state index in [1.54, 1.807) is 0 Å². The predicted molar refractivity (Wildman–Crippen MR) is 134 cm³/mol. The molecule has 0 unspecified atom stereocenters. The van der Waals surface area contributed by atoms with Crippen LogP contribution in [0.2, 0.25) is 0 Å². The molecule has 3 aromatic carbocycles. The topological polar surface area (TPSA) is 63.3 Å². The van der Waals surface area contributed by atoms with Crippen molar-refractivity contribution in [1.82, 2.24) is 5.16 Å². The average molecular weight is 450 g/mol. The summed E-state index contributed by atoms with van der Waals surface area (Å²) in [6.07, 6.45) is 7.57. The molecule has 1 saturated carbocycles. The molecule has 5 rings (SSSR count). The smallest absolute Gasteiger partial charge is 0.314 e. The molecular formula is C30H27NO3. The quantitative estimate of drug-likeness (QED) is 0.312. The van der Waals surface area contributed by atoms with Gasteiger partial charge in [0.25, 0.3) is 0 Å². The number of benzene rings is 3. The first-order chi connectivity index (χ1) is 16.6. The van der Waals surface area contributed by atoms with E-state index in [0.29, 0.717) is 12.8 Å². The molecule has 1 aromatic heterocycles. The van der Waals surface area contributed by atoms with Crippen LogP contribution >= 0.6 is 0 Å². The van der Waals surface area contributed by atoms with Gasteiger partial charge in [-0.05, 0) is 54.9 Å². The lowest BCUT2D eigenvalue weighted by atomic mass is 9.88. The summed E-state index contributed by atoms with van der Waals surface area (Å²) in [6, 6.07) is 26.4. The van der Waals surface area contributed by atoms with E-state index in [2.05, 4.69) is 41.6 Å². The molecule has 4 aromatic rings. The zero-order valence-electron chi connectivity index (χ0n) is 19.2. The fourth-order valence-corrected chi connectivity index (χ4v) is 4.55. The average Bonchev–Trinajstić information content (AvgIpc) is 3.61. The highest BCUT2D eigenvalue weighted by Gasteiger charge is 2.52. The Morgan fingerprint density at radius 3 is 2.35 bits per heavy atom. The molecular weight excluding hydrogens is 422 g/mol.